The van der Waals surface area contributed by atoms with Crippen molar-refractivity contribution >= 4 is 52.1 Å². The lowest BCUT2D eigenvalue weighted by Gasteiger charge is -2.19. The van der Waals surface area contributed by atoms with E-state index in [0.29, 0.717) is 21.7 Å². The first kappa shape index (κ1) is 14.5. The van der Waals surface area contributed by atoms with Gasteiger partial charge in [-0.05, 0) is 19.1 Å². The topological polar surface area (TPSA) is 95.4 Å². The monoisotopic (exact) mass is 314 g/mol. The second-order valence-corrected chi connectivity index (χ2v) is 4.83. The summed E-state index contributed by atoms with van der Waals surface area (Å²) in [6.07, 6.45) is 0. The number of fused-ring (bicyclic) bond motifs is 1. The van der Waals surface area contributed by atoms with Gasteiger partial charge in [-0.3, -0.25) is 4.79 Å². The van der Waals surface area contributed by atoms with E-state index in [4.69, 9.17) is 16.7 Å². The van der Waals surface area contributed by atoms with E-state index in [1.807, 2.05) is 0 Å². The van der Waals surface area contributed by atoms with E-state index < -0.39 is 12.0 Å². The molecule has 0 aliphatic heterocycles. The van der Waals surface area contributed by atoms with Gasteiger partial charge in [0.25, 0.3) is 0 Å². The smallest absolute Gasteiger partial charge is 0.323 e. The van der Waals surface area contributed by atoms with Crippen LogP contribution in [0.3, 0.4) is 0 Å². The summed E-state index contributed by atoms with van der Waals surface area (Å²) in [6, 6.07) is 2.76. The second-order valence-electron chi connectivity index (χ2n) is 3.89. The van der Waals surface area contributed by atoms with Crippen LogP contribution in [0.15, 0.2) is 12.1 Å². The standard InChI is InChI=1S/C11H11ClN4O3S/c1-2-16(5-8(17)18)11(19)13-9-6(12)3-4-7-10(9)15-20-14-7/h3-4H,2,5H2,1H3,(H,13,19)(H,17,18). The van der Waals surface area contributed by atoms with Crippen LogP contribution in [0.25, 0.3) is 11.0 Å². The number of anilines is 1. The molecule has 0 saturated carbocycles. The summed E-state index contributed by atoms with van der Waals surface area (Å²) in [5.74, 6) is -1.08. The predicted octanol–water partition coefficient (Wildman–Crippen LogP) is 2.28. The number of carboxylic acids is 1. The summed E-state index contributed by atoms with van der Waals surface area (Å²) in [4.78, 5) is 23.9. The van der Waals surface area contributed by atoms with E-state index >= 15 is 0 Å². The number of nitrogens with one attached hydrogen (secondary N) is 1. The minimum absolute atomic E-state index is 0.265. The number of carboxylic acid groups (broad SMARTS) is 1. The molecule has 1 heterocycles. The molecule has 0 atom stereocenters. The third-order valence-electron chi connectivity index (χ3n) is 2.60. The summed E-state index contributed by atoms with van der Waals surface area (Å²) < 4.78 is 8.13. The Balaban J connectivity index is 2.27. The lowest BCUT2D eigenvalue weighted by molar-refractivity contribution is -0.137. The van der Waals surface area contributed by atoms with Crippen molar-refractivity contribution in [3.05, 3.63) is 17.2 Å². The maximum absolute atomic E-state index is 12.0. The number of likely N-dealkylation sites (N-methyl/N-ethyl adjacent to an activating group) is 1. The lowest BCUT2D eigenvalue weighted by Crippen LogP contribution is -2.38. The van der Waals surface area contributed by atoms with Crippen LogP contribution >= 0.6 is 23.3 Å². The van der Waals surface area contributed by atoms with Gasteiger partial charge in [0.15, 0.2) is 0 Å². The van der Waals surface area contributed by atoms with Crippen molar-refractivity contribution in [3.8, 4) is 0 Å². The van der Waals surface area contributed by atoms with Crippen LogP contribution in [-0.4, -0.2) is 43.8 Å². The van der Waals surface area contributed by atoms with Crippen LogP contribution in [0.2, 0.25) is 5.02 Å². The molecule has 0 aliphatic carbocycles. The SMILES string of the molecule is CCN(CC(=O)O)C(=O)Nc1c(Cl)ccc2nsnc12. The molecule has 106 valence electrons. The molecule has 2 aromatic rings. The van der Waals surface area contributed by atoms with Gasteiger partial charge in [-0.15, -0.1) is 0 Å². The van der Waals surface area contributed by atoms with Crippen LogP contribution in [-0.2, 0) is 4.79 Å². The van der Waals surface area contributed by atoms with E-state index in [1.54, 1.807) is 19.1 Å². The maximum Gasteiger partial charge on any atom is 0.323 e. The number of halogens is 1. The number of carbonyl (C=O) groups excluding carboxylic acids is 1. The van der Waals surface area contributed by atoms with Crippen LogP contribution in [0, 0.1) is 0 Å². The van der Waals surface area contributed by atoms with Gasteiger partial charge in [-0.1, -0.05) is 11.6 Å². The number of rotatable bonds is 4. The van der Waals surface area contributed by atoms with Gasteiger partial charge in [-0.25, -0.2) is 4.79 Å². The Hall–Kier alpha value is -1.93. The molecule has 1 aromatic carbocycles. The van der Waals surface area contributed by atoms with Crippen molar-refractivity contribution in [1.29, 1.82) is 0 Å². The highest BCUT2D eigenvalue weighted by atomic mass is 35.5. The van der Waals surface area contributed by atoms with Crippen LogP contribution in [0.4, 0.5) is 10.5 Å². The molecule has 1 aromatic heterocycles. The van der Waals surface area contributed by atoms with E-state index in [9.17, 15) is 9.59 Å². The maximum atomic E-state index is 12.0. The number of carbonyl (C=O) groups is 2. The zero-order chi connectivity index (χ0) is 14.7. The fraction of sp³-hybridized carbons (Fsp3) is 0.273. The highest BCUT2D eigenvalue weighted by Crippen LogP contribution is 2.30. The first-order chi connectivity index (χ1) is 9.52. The fourth-order valence-corrected chi connectivity index (χ4v) is 2.36. The van der Waals surface area contributed by atoms with E-state index in [1.165, 1.54) is 0 Å². The molecule has 7 nitrogen and oxygen atoms in total. The second kappa shape index (κ2) is 6.02. The molecule has 9 heteroatoms. The van der Waals surface area contributed by atoms with E-state index in [0.717, 1.165) is 16.6 Å². The Morgan fingerprint density at radius 2 is 2.20 bits per heavy atom. The third kappa shape index (κ3) is 2.97. The molecule has 0 radical (unpaired) electrons. The largest absolute Gasteiger partial charge is 0.480 e. The average Bonchev–Trinajstić information content (AvgIpc) is 2.87. The van der Waals surface area contributed by atoms with Gasteiger partial charge in [0.05, 0.1) is 22.4 Å². The van der Waals surface area contributed by atoms with Crippen molar-refractivity contribution in [2.24, 2.45) is 0 Å². The summed E-state index contributed by atoms with van der Waals surface area (Å²) in [7, 11) is 0. The van der Waals surface area contributed by atoms with Crippen LogP contribution in [0.5, 0.6) is 0 Å². The van der Waals surface area contributed by atoms with Crippen molar-refractivity contribution in [2.45, 2.75) is 6.92 Å². The molecule has 2 N–H and O–H groups in total. The molecule has 0 saturated heterocycles. The van der Waals surface area contributed by atoms with Gasteiger partial charge in [0, 0.05) is 6.54 Å². The lowest BCUT2D eigenvalue weighted by atomic mass is 10.2. The fourth-order valence-electron chi connectivity index (χ4n) is 1.62. The van der Waals surface area contributed by atoms with Crippen molar-refractivity contribution in [1.82, 2.24) is 13.6 Å². The number of urea groups is 1. The predicted molar refractivity (Wildman–Crippen MR) is 76.3 cm³/mol. The highest BCUT2D eigenvalue weighted by Gasteiger charge is 2.18. The number of aromatic nitrogens is 2. The molecule has 2 amide bonds. The van der Waals surface area contributed by atoms with Gasteiger partial charge >= 0.3 is 12.0 Å². The average molecular weight is 315 g/mol. The van der Waals surface area contributed by atoms with Crippen LogP contribution in [0.1, 0.15) is 6.92 Å². The zero-order valence-electron chi connectivity index (χ0n) is 10.5. The summed E-state index contributed by atoms with van der Waals surface area (Å²) >= 11 is 7.06. The van der Waals surface area contributed by atoms with Crippen molar-refractivity contribution < 1.29 is 14.7 Å². The molecular formula is C11H11ClN4O3S. The molecular weight excluding hydrogens is 304 g/mol. The number of hydrogen-bond donors (Lipinski definition) is 2. The van der Waals surface area contributed by atoms with Gasteiger partial charge in [0.1, 0.15) is 17.6 Å². The number of nitrogens with zero attached hydrogens (tertiary/aromatic N) is 3. The van der Waals surface area contributed by atoms with Gasteiger partial charge in [0.2, 0.25) is 0 Å². The quantitative estimate of drug-likeness (QED) is 0.902. The Bertz CT molecular complexity index is 660. The van der Waals surface area contributed by atoms with E-state index in [2.05, 4.69) is 14.1 Å². The Kier molecular flexibility index (Phi) is 4.35. The number of hydrogen-bond acceptors (Lipinski definition) is 5. The molecule has 2 rings (SSSR count). The Morgan fingerprint density at radius 3 is 2.85 bits per heavy atom. The molecule has 0 bridgehead atoms. The van der Waals surface area contributed by atoms with E-state index in [-0.39, 0.29) is 13.1 Å². The Labute approximate surface area is 123 Å². The zero-order valence-corrected chi connectivity index (χ0v) is 12.0. The Morgan fingerprint density at radius 1 is 1.45 bits per heavy atom. The molecule has 0 unspecified atom stereocenters. The first-order valence-corrected chi connectivity index (χ1v) is 6.82. The molecule has 0 aliphatic rings. The summed E-state index contributed by atoms with van der Waals surface area (Å²) in [5, 5.41) is 11.7. The third-order valence-corrected chi connectivity index (χ3v) is 3.46. The molecule has 0 fully saturated rings. The first-order valence-electron chi connectivity index (χ1n) is 5.71. The van der Waals surface area contributed by atoms with Gasteiger partial charge in [-0.2, -0.15) is 8.75 Å². The summed E-state index contributed by atoms with van der Waals surface area (Å²) in [5.41, 5.74) is 1.45. The highest BCUT2D eigenvalue weighted by molar-refractivity contribution is 7.00. The van der Waals surface area contributed by atoms with Crippen molar-refractivity contribution in [2.75, 3.05) is 18.4 Å². The van der Waals surface area contributed by atoms with Crippen LogP contribution < -0.4 is 5.32 Å². The summed E-state index contributed by atoms with van der Waals surface area (Å²) in [6.45, 7) is 1.57. The number of amides is 2. The van der Waals surface area contributed by atoms with Gasteiger partial charge < -0.3 is 15.3 Å². The molecule has 0 spiro atoms. The minimum atomic E-state index is -1.08. The number of benzene rings is 1. The normalized spacial score (nSPS) is 10.5. The van der Waals surface area contributed by atoms with Crippen molar-refractivity contribution in [3.63, 3.8) is 0 Å². The minimum Gasteiger partial charge on any atom is -0.480 e. The molecule has 20 heavy (non-hydrogen) atoms. The number of aliphatic carboxylic acids is 1.